The van der Waals surface area contributed by atoms with Crippen LogP contribution < -0.4 is 5.32 Å². The maximum absolute atomic E-state index is 12.6. The van der Waals surface area contributed by atoms with E-state index in [0.717, 1.165) is 0 Å². The van der Waals surface area contributed by atoms with Gasteiger partial charge in [0, 0.05) is 13.1 Å². The van der Waals surface area contributed by atoms with E-state index in [1.807, 2.05) is 13.8 Å². The van der Waals surface area contributed by atoms with Gasteiger partial charge in [-0.05, 0) is 24.5 Å². The molecule has 1 aliphatic rings. The molecule has 0 saturated carbocycles. The van der Waals surface area contributed by atoms with Crippen LogP contribution in [0.3, 0.4) is 0 Å². The van der Waals surface area contributed by atoms with Crippen molar-refractivity contribution in [2.45, 2.75) is 26.3 Å². The van der Waals surface area contributed by atoms with E-state index in [2.05, 4.69) is 5.32 Å². The predicted octanol–water partition coefficient (Wildman–Crippen LogP) is 1.28. The van der Waals surface area contributed by atoms with E-state index in [4.69, 9.17) is 9.15 Å². The normalized spacial score (nSPS) is 16.8. The van der Waals surface area contributed by atoms with Gasteiger partial charge in [-0.1, -0.05) is 13.8 Å². The molecule has 0 unspecified atom stereocenters. The highest BCUT2D eigenvalue weighted by Gasteiger charge is 2.28. The highest BCUT2D eigenvalue weighted by Crippen LogP contribution is 2.11. The van der Waals surface area contributed by atoms with Crippen LogP contribution in [0.2, 0.25) is 0 Å². The first-order chi connectivity index (χ1) is 10.1. The lowest BCUT2D eigenvalue weighted by Gasteiger charge is -2.31. The van der Waals surface area contributed by atoms with Crippen molar-refractivity contribution in [2.75, 3.05) is 26.3 Å². The van der Waals surface area contributed by atoms with Crippen molar-refractivity contribution >= 4 is 11.8 Å². The Labute approximate surface area is 124 Å². The zero-order chi connectivity index (χ0) is 15.2. The van der Waals surface area contributed by atoms with Crippen molar-refractivity contribution in [2.24, 2.45) is 5.92 Å². The number of amides is 2. The van der Waals surface area contributed by atoms with E-state index in [1.54, 1.807) is 17.0 Å². The second-order valence-electron chi connectivity index (χ2n) is 5.57. The predicted molar refractivity (Wildman–Crippen MR) is 76.8 cm³/mol. The van der Waals surface area contributed by atoms with Crippen LogP contribution in [0.4, 0.5) is 0 Å². The molecule has 1 aliphatic heterocycles. The first kappa shape index (κ1) is 15.6. The maximum Gasteiger partial charge on any atom is 0.287 e. The number of carbonyl (C=O) groups excluding carboxylic acids is 2. The van der Waals surface area contributed by atoms with Gasteiger partial charge >= 0.3 is 0 Å². The van der Waals surface area contributed by atoms with E-state index < -0.39 is 6.04 Å². The Bertz CT molecular complexity index is 464. The van der Waals surface area contributed by atoms with E-state index in [-0.39, 0.29) is 17.6 Å². The molecule has 2 rings (SSSR count). The molecule has 1 aromatic heterocycles. The van der Waals surface area contributed by atoms with Gasteiger partial charge in [-0.2, -0.15) is 0 Å². The molecule has 1 fully saturated rings. The summed E-state index contributed by atoms with van der Waals surface area (Å²) in [5.41, 5.74) is 0. The van der Waals surface area contributed by atoms with Crippen molar-refractivity contribution in [1.82, 2.24) is 10.2 Å². The van der Waals surface area contributed by atoms with Gasteiger partial charge in [0.2, 0.25) is 5.91 Å². The Hall–Kier alpha value is -1.82. The fourth-order valence-electron chi connectivity index (χ4n) is 2.33. The Morgan fingerprint density at radius 2 is 2.05 bits per heavy atom. The number of hydrogen-bond acceptors (Lipinski definition) is 4. The molecule has 1 aromatic rings. The smallest absolute Gasteiger partial charge is 0.287 e. The minimum Gasteiger partial charge on any atom is -0.459 e. The third-order valence-corrected chi connectivity index (χ3v) is 3.38. The van der Waals surface area contributed by atoms with Gasteiger partial charge in [0.05, 0.1) is 19.5 Å². The van der Waals surface area contributed by atoms with Crippen LogP contribution in [0, 0.1) is 5.92 Å². The first-order valence-corrected chi connectivity index (χ1v) is 7.29. The molecule has 1 N–H and O–H groups in total. The summed E-state index contributed by atoms with van der Waals surface area (Å²) < 4.78 is 10.3. The van der Waals surface area contributed by atoms with Gasteiger partial charge in [0.1, 0.15) is 6.04 Å². The molecule has 0 spiro atoms. The number of morpholine rings is 1. The molecule has 2 heterocycles. The van der Waals surface area contributed by atoms with E-state index in [1.165, 1.54) is 6.26 Å². The Kier molecular flexibility index (Phi) is 5.38. The van der Waals surface area contributed by atoms with Crippen LogP contribution in [0.1, 0.15) is 30.8 Å². The van der Waals surface area contributed by atoms with Gasteiger partial charge in [-0.3, -0.25) is 9.59 Å². The molecule has 0 aromatic carbocycles. The maximum atomic E-state index is 12.6. The lowest BCUT2D eigenvalue weighted by molar-refractivity contribution is -0.137. The third-order valence-electron chi connectivity index (χ3n) is 3.38. The van der Waals surface area contributed by atoms with Crippen molar-refractivity contribution in [3.63, 3.8) is 0 Å². The average Bonchev–Trinajstić information content (AvgIpc) is 3.00. The summed E-state index contributed by atoms with van der Waals surface area (Å²) in [5.74, 6) is 0.120. The molecule has 21 heavy (non-hydrogen) atoms. The quantitative estimate of drug-likeness (QED) is 0.888. The molecule has 1 atom stereocenters. The number of ether oxygens (including phenoxy) is 1. The zero-order valence-corrected chi connectivity index (χ0v) is 12.5. The van der Waals surface area contributed by atoms with Gasteiger partial charge in [-0.15, -0.1) is 0 Å². The summed E-state index contributed by atoms with van der Waals surface area (Å²) in [4.78, 5) is 26.4. The molecule has 1 saturated heterocycles. The average molecular weight is 294 g/mol. The van der Waals surface area contributed by atoms with E-state index in [9.17, 15) is 9.59 Å². The van der Waals surface area contributed by atoms with Gasteiger partial charge in [0.15, 0.2) is 5.76 Å². The van der Waals surface area contributed by atoms with Crippen LogP contribution in [0.25, 0.3) is 0 Å². The molecule has 6 heteroatoms. The molecule has 116 valence electrons. The van der Waals surface area contributed by atoms with Gasteiger partial charge in [0.25, 0.3) is 5.91 Å². The van der Waals surface area contributed by atoms with Crippen LogP contribution in [0.15, 0.2) is 22.8 Å². The molecular formula is C15H22N2O4. The Morgan fingerprint density at radius 3 is 2.62 bits per heavy atom. The number of nitrogens with zero attached hydrogens (tertiary/aromatic N) is 1. The molecule has 0 bridgehead atoms. The van der Waals surface area contributed by atoms with Crippen LogP contribution in [-0.4, -0.2) is 49.1 Å². The molecular weight excluding hydrogens is 272 g/mol. The number of furan rings is 1. The number of hydrogen-bond donors (Lipinski definition) is 1. The summed E-state index contributed by atoms with van der Waals surface area (Å²) in [6, 6.07) is 2.71. The fourth-order valence-corrected chi connectivity index (χ4v) is 2.33. The summed E-state index contributed by atoms with van der Waals surface area (Å²) in [6.07, 6.45) is 2.04. The van der Waals surface area contributed by atoms with E-state index in [0.29, 0.717) is 38.6 Å². The van der Waals surface area contributed by atoms with E-state index >= 15 is 0 Å². The zero-order valence-electron chi connectivity index (χ0n) is 12.5. The summed E-state index contributed by atoms with van der Waals surface area (Å²) in [5, 5.41) is 2.78. The molecule has 0 aliphatic carbocycles. The van der Waals surface area contributed by atoms with Crippen molar-refractivity contribution in [3.8, 4) is 0 Å². The highest BCUT2D eigenvalue weighted by molar-refractivity contribution is 5.95. The standard InChI is InChI=1S/C15H22N2O4/c1-11(2)10-12(15(19)17-5-8-20-9-6-17)16-14(18)13-4-3-7-21-13/h3-4,7,11-12H,5-6,8-10H2,1-2H3,(H,16,18)/t12-/m1/s1. The lowest BCUT2D eigenvalue weighted by atomic mass is 10.0. The topological polar surface area (TPSA) is 71.8 Å². The fraction of sp³-hybridized carbons (Fsp3) is 0.600. The van der Waals surface area contributed by atoms with Crippen molar-refractivity contribution in [3.05, 3.63) is 24.2 Å². The largest absolute Gasteiger partial charge is 0.459 e. The number of carbonyl (C=O) groups is 2. The summed E-state index contributed by atoms with van der Waals surface area (Å²) in [7, 11) is 0. The number of nitrogens with one attached hydrogen (secondary N) is 1. The lowest BCUT2D eigenvalue weighted by Crippen LogP contribution is -2.52. The highest BCUT2D eigenvalue weighted by atomic mass is 16.5. The Morgan fingerprint density at radius 1 is 1.33 bits per heavy atom. The van der Waals surface area contributed by atoms with Crippen LogP contribution in [-0.2, 0) is 9.53 Å². The van der Waals surface area contributed by atoms with Crippen molar-refractivity contribution in [1.29, 1.82) is 0 Å². The SMILES string of the molecule is CC(C)C[C@@H](NC(=O)c1ccco1)C(=O)N1CCOCC1. The van der Waals surface area contributed by atoms with Crippen LogP contribution >= 0.6 is 0 Å². The molecule has 0 radical (unpaired) electrons. The van der Waals surface area contributed by atoms with Crippen molar-refractivity contribution < 1.29 is 18.7 Å². The first-order valence-electron chi connectivity index (χ1n) is 7.29. The minimum absolute atomic E-state index is 0.0492. The summed E-state index contributed by atoms with van der Waals surface area (Å²) in [6.45, 7) is 6.30. The van der Waals surface area contributed by atoms with Gasteiger partial charge < -0.3 is 19.4 Å². The van der Waals surface area contributed by atoms with Gasteiger partial charge in [-0.25, -0.2) is 0 Å². The van der Waals surface area contributed by atoms with Crippen LogP contribution in [0.5, 0.6) is 0 Å². The Balaban J connectivity index is 2.02. The second kappa shape index (κ2) is 7.26. The molecule has 2 amide bonds. The monoisotopic (exact) mass is 294 g/mol. The molecule has 6 nitrogen and oxygen atoms in total. The second-order valence-corrected chi connectivity index (χ2v) is 5.57. The summed E-state index contributed by atoms with van der Waals surface area (Å²) >= 11 is 0. The third kappa shape index (κ3) is 4.32. The number of rotatable bonds is 5. The minimum atomic E-state index is -0.527.